The Labute approximate surface area is 158 Å². The number of rotatable bonds is 9. The minimum atomic E-state index is -0.230. The minimum Gasteiger partial charge on any atom is -0.351 e. The highest BCUT2D eigenvalue weighted by Gasteiger charge is 2.32. The second-order valence-corrected chi connectivity index (χ2v) is 7.98. The maximum absolute atomic E-state index is 12.8. The van der Waals surface area contributed by atoms with Gasteiger partial charge >= 0.3 is 0 Å². The normalized spacial score (nSPS) is 15.0. The predicted octanol–water partition coefficient (Wildman–Crippen LogP) is 3.17. The molecule has 0 unspecified atom stereocenters. The Morgan fingerprint density at radius 2 is 2.27 bits per heavy atom. The molecule has 1 aliphatic carbocycles. The first kappa shape index (κ1) is 18.6. The monoisotopic (exact) mass is 371 g/mol. The van der Waals surface area contributed by atoms with Crippen LogP contribution in [0.5, 0.6) is 0 Å². The van der Waals surface area contributed by atoms with Crippen molar-refractivity contribution in [1.82, 2.24) is 25.1 Å². The molecule has 0 bridgehead atoms. The lowest BCUT2D eigenvalue weighted by Gasteiger charge is -2.19. The maximum atomic E-state index is 12.8. The summed E-state index contributed by atoms with van der Waals surface area (Å²) in [5.74, 6) is 1.71. The fraction of sp³-hybridized carbons (Fsp3) is 0.474. The van der Waals surface area contributed by atoms with Gasteiger partial charge in [-0.3, -0.25) is 9.78 Å². The number of carbonyl (C=O) groups is 1. The van der Waals surface area contributed by atoms with Crippen molar-refractivity contribution in [2.45, 2.75) is 56.1 Å². The van der Waals surface area contributed by atoms with E-state index in [4.69, 9.17) is 0 Å². The molecule has 1 amide bonds. The molecule has 7 heteroatoms. The number of hydrogen-bond donors (Lipinski definition) is 1. The summed E-state index contributed by atoms with van der Waals surface area (Å²) in [5.41, 5.74) is 0.985. The molecule has 1 saturated carbocycles. The Balaban J connectivity index is 1.70. The second kappa shape index (κ2) is 8.49. The third-order valence-corrected chi connectivity index (χ3v) is 5.81. The third-order valence-electron chi connectivity index (χ3n) is 4.29. The summed E-state index contributed by atoms with van der Waals surface area (Å²) in [5, 5.41) is 12.3. The van der Waals surface area contributed by atoms with E-state index in [-0.39, 0.29) is 17.1 Å². The molecule has 138 valence electrons. The Hall–Kier alpha value is -2.15. The first-order valence-electron chi connectivity index (χ1n) is 8.97. The average molecular weight is 372 g/mol. The van der Waals surface area contributed by atoms with Crippen LogP contribution < -0.4 is 5.32 Å². The van der Waals surface area contributed by atoms with Crippen molar-refractivity contribution < 1.29 is 4.79 Å². The molecule has 0 radical (unpaired) electrons. The minimum absolute atomic E-state index is 0.00924. The van der Waals surface area contributed by atoms with Crippen molar-refractivity contribution in [3.05, 3.63) is 48.6 Å². The summed E-state index contributed by atoms with van der Waals surface area (Å²) in [4.78, 5) is 16.8. The van der Waals surface area contributed by atoms with Crippen LogP contribution in [0.25, 0.3) is 0 Å². The highest BCUT2D eigenvalue weighted by molar-refractivity contribution is 8.00. The smallest absolute Gasteiger partial charge is 0.234 e. The summed E-state index contributed by atoms with van der Waals surface area (Å²) < 4.78 is 2.10. The van der Waals surface area contributed by atoms with Crippen LogP contribution in [0.1, 0.15) is 44.0 Å². The fourth-order valence-electron chi connectivity index (χ4n) is 2.73. The van der Waals surface area contributed by atoms with Gasteiger partial charge in [0.15, 0.2) is 5.16 Å². The van der Waals surface area contributed by atoms with Crippen molar-refractivity contribution in [3.8, 4) is 0 Å². The summed E-state index contributed by atoms with van der Waals surface area (Å²) in [7, 11) is 0. The van der Waals surface area contributed by atoms with Crippen LogP contribution in [-0.4, -0.2) is 30.9 Å². The van der Waals surface area contributed by atoms with E-state index < -0.39 is 0 Å². The molecule has 1 fully saturated rings. The third kappa shape index (κ3) is 4.52. The number of nitrogens with zero attached hydrogens (tertiary/aromatic N) is 4. The van der Waals surface area contributed by atoms with Crippen LogP contribution in [0.2, 0.25) is 0 Å². The van der Waals surface area contributed by atoms with Crippen molar-refractivity contribution in [1.29, 1.82) is 0 Å². The highest BCUT2D eigenvalue weighted by atomic mass is 32.2. The first-order valence-corrected chi connectivity index (χ1v) is 9.85. The summed E-state index contributed by atoms with van der Waals surface area (Å²) in [6.45, 7) is 9.09. The van der Waals surface area contributed by atoms with Gasteiger partial charge in [0.05, 0.1) is 5.25 Å². The molecule has 0 aromatic carbocycles. The van der Waals surface area contributed by atoms with Crippen molar-refractivity contribution in [2.24, 2.45) is 5.92 Å². The molecule has 6 nitrogen and oxygen atoms in total. The lowest BCUT2D eigenvalue weighted by Crippen LogP contribution is -2.35. The Morgan fingerprint density at radius 1 is 1.46 bits per heavy atom. The number of thioether (sulfide) groups is 1. The van der Waals surface area contributed by atoms with Crippen LogP contribution in [0.15, 0.2) is 42.3 Å². The van der Waals surface area contributed by atoms with Gasteiger partial charge in [0.25, 0.3) is 0 Å². The van der Waals surface area contributed by atoms with Crippen molar-refractivity contribution in [3.63, 3.8) is 0 Å². The fourth-order valence-corrected chi connectivity index (χ4v) is 3.80. The number of allylic oxidation sites excluding steroid dienone is 1. The standard InChI is InChI=1S/C19H25N5OS/c1-4-10-24-17(15-7-8-15)22-23-19(24)26-16(13(2)3)18(25)21-12-14-6-5-9-20-11-14/h4-6,9,11,13,15-16H,1,7-8,10,12H2,2-3H3,(H,21,25)/t16-/m0/s1. The zero-order chi connectivity index (χ0) is 18.5. The van der Waals surface area contributed by atoms with E-state index in [0.717, 1.165) is 16.5 Å². The summed E-state index contributed by atoms with van der Waals surface area (Å²) in [6.07, 6.45) is 7.67. The van der Waals surface area contributed by atoms with E-state index in [2.05, 4.69) is 45.5 Å². The predicted molar refractivity (Wildman–Crippen MR) is 103 cm³/mol. The zero-order valence-corrected chi connectivity index (χ0v) is 16.1. The van der Waals surface area contributed by atoms with Gasteiger partial charge in [0.1, 0.15) is 5.82 Å². The zero-order valence-electron chi connectivity index (χ0n) is 15.3. The summed E-state index contributed by atoms with van der Waals surface area (Å²) >= 11 is 1.49. The molecule has 1 N–H and O–H groups in total. The molecule has 2 aromatic rings. The molecular formula is C19H25N5OS. The molecule has 2 heterocycles. The molecule has 0 spiro atoms. The number of aromatic nitrogens is 4. The average Bonchev–Trinajstić information content (AvgIpc) is 3.41. The van der Waals surface area contributed by atoms with Crippen molar-refractivity contribution in [2.75, 3.05) is 0 Å². The van der Waals surface area contributed by atoms with Gasteiger partial charge in [-0.15, -0.1) is 16.8 Å². The second-order valence-electron chi connectivity index (χ2n) is 6.88. The van der Waals surface area contributed by atoms with Crippen LogP contribution in [0, 0.1) is 5.92 Å². The SMILES string of the molecule is C=CCn1c(S[C@H](C(=O)NCc2cccnc2)C(C)C)nnc1C1CC1. The van der Waals surface area contributed by atoms with E-state index in [0.29, 0.717) is 19.0 Å². The van der Waals surface area contributed by atoms with Gasteiger partial charge < -0.3 is 9.88 Å². The molecule has 26 heavy (non-hydrogen) atoms. The van der Waals surface area contributed by atoms with Crippen LogP contribution in [0.4, 0.5) is 0 Å². The lowest BCUT2D eigenvalue weighted by molar-refractivity contribution is -0.121. The van der Waals surface area contributed by atoms with E-state index >= 15 is 0 Å². The Bertz CT molecular complexity index is 755. The molecule has 1 aliphatic rings. The Kier molecular flexibility index (Phi) is 6.08. The van der Waals surface area contributed by atoms with Gasteiger partial charge in [-0.2, -0.15) is 0 Å². The highest BCUT2D eigenvalue weighted by Crippen LogP contribution is 2.40. The van der Waals surface area contributed by atoms with E-state index in [9.17, 15) is 4.79 Å². The van der Waals surface area contributed by atoms with E-state index in [1.807, 2.05) is 18.2 Å². The molecule has 3 rings (SSSR count). The summed E-state index contributed by atoms with van der Waals surface area (Å²) in [6, 6.07) is 3.82. The maximum Gasteiger partial charge on any atom is 0.234 e. The topological polar surface area (TPSA) is 72.7 Å². The molecule has 0 aliphatic heterocycles. The van der Waals surface area contributed by atoms with Crippen LogP contribution >= 0.6 is 11.8 Å². The van der Waals surface area contributed by atoms with E-state index in [1.165, 1.54) is 24.6 Å². The lowest BCUT2D eigenvalue weighted by atomic mass is 10.1. The largest absolute Gasteiger partial charge is 0.351 e. The van der Waals surface area contributed by atoms with Gasteiger partial charge in [0.2, 0.25) is 5.91 Å². The van der Waals surface area contributed by atoms with Gasteiger partial charge in [0, 0.05) is 31.4 Å². The molecule has 2 aromatic heterocycles. The van der Waals surface area contributed by atoms with E-state index in [1.54, 1.807) is 12.4 Å². The number of hydrogen-bond acceptors (Lipinski definition) is 5. The first-order chi connectivity index (χ1) is 12.6. The number of nitrogens with one attached hydrogen (secondary N) is 1. The Morgan fingerprint density at radius 3 is 2.88 bits per heavy atom. The molecule has 0 saturated heterocycles. The van der Waals surface area contributed by atoms with Crippen LogP contribution in [0.3, 0.4) is 0 Å². The van der Waals surface area contributed by atoms with Gasteiger partial charge in [-0.1, -0.05) is 37.8 Å². The van der Waals surface area contributed by atoms with Gasteiger partial charge in [-0.25, -0.2) is 0 Å². The number of amides is 1. The van der Waals surface area contributed by atoms with Crippen molar-refractivity contribution >= 4 is 17.7 Å². The molecular weight excluding hydrogens is 346 g/mol. The quantitative estimate of drug-likeness (QED) is 0.541. The number of pyridine rings is 1. The van der Waals surface area contributed by atoms with Gasteiger partial charge in [-0.05, 0) is 30.4 Å². The number of carbonyl (C=O) groups excluding carboxylic acids is 1. The van der Waals surface area contributed by atoms with Crippen LogP contribution in [-0.2, 0) is 17.9 Å². The molecule has 1 atom stereocenters.